The lowest BCUT2D eigenvalue weighted by Gasteiger charge is -2.34. The highest BCUT2D eigenvalue weighted by Gasteiger charge is 2.52. The summed E-state index contributed by atoms with van der Waals surface area (Å²) >= 11 is 0. The van der Waals surface area contributed by atoms with E-state index in [1.165, 1.54) is 12.1 Å². The summed E-state index contributed by atoms with van der Waals surface area (Å²) in [5.41, 5.74) is 0.356. The number of hydrogen-bond donors (Lipinski definition) is 1. The molecule has 0 radical (unpaired) electrons. The molecule has 1 aliphatic rings. The Morgan fingerprint density at radius 1 is 0.864 bits per heavy atom. The lowest BCUT2D eigenvalue weighted by Crippen LogP contribution is -2.52. The zero-order chi connectivity index (χ0) is 17.0. The third-order valence-electron chi connectivity index (χ3n) is 3.32. The van der Waals surface area contributed by atoms with Crippen LogP contribution in [-0.4, -0.2) is 48.2 Å². The zero-order valence-corrected chi connectivity index (χ0v) is 14.5. The van der Waals surface area contributed by atoms with Gasteiger partial charge in [0.15, 0.2) is 29.5 Å². The van der Waals surface area contributed by atoms with Gasteiger partial charge in [-0.15, -0.1) is 0 Å². The fraction of sp³-hybridized carbons (Fsp3) is 0.333. The second-order valence-corrected chi connectivity index (χ2v) is 11.8. The van der Waals surface area contributed by atoms with E-state index < -0.39 is 33.7 Å². The number of rotatable bonds is 3. The molecule has 0 atom stereocenters. The number of sulfone groups is 3. The quantitative estimate of drug-likeness (QED) is 0.816. The zero-order valence-electron chi connectivity index (χ0n) is 12.1. The first-order chi connectivity index (χ1) is 9.80. The summed E-state index contributed by atoms with van der Waals surface area (Å²) in [7, 11) is -12.3. The molecule has 1 aliphatic heterocycles. The first-order valence-corrected chi connectivity index (χ1v) is 11.7. The minimum absolute atomic E-state index is 0.126. The van der Waals surface area contributed by atoms with Crippen LogP contribution in [0.15, 0.2) is 30.3 Å². The Morgan fingerprint density at radius 2 is 1.36 bits per heavy atom. The first kappa shape index (κ1) is 17.0. The Bertz CT molecular complexity index is 939. The summed E-state index contributed by atoms with van der Waals surface area (Å²) in [4.78, 5) is -0.335. The van der Waals surface area contributed by atoms with Crippen molar-refractivity contribution in [2.75, 3.05) is 24.1 Å². The largest absolute Gasteiger partial charge is 0.350 e. The maximum Gasteiger partial charge on any atom is 0.261 e. The first-order valence-electron chi connectivity index (χ1n) is 5.99. The molecule has 2 rings (SSSR count). The monoisotopic (exact) mass is 365 g/mol. The van der Waals surface area contributed by atoms with Gasteiger partial charge in [0.25, 0.3) is 4.20 Å². The highest BCUT2D eigenvalue weighted by Crippen LogP contribution is 2.40. The van der Waals surface area contributed by atoms with Gasteiger partial charge in [-0.1, -0.05) is 18.2 Å². The summed E-state index contributed by atoms with van der Waals surface area (Å²) in [5.74, 6) is 0. The molecule has 0 spiro atoms. The van der Waals surface area contributed by atoms with E-state index in [2.05, 4.69) is 5.32 Å². The molecule has 0 saturated carbocycles. The number of hydrogen-bond acceptors (Lipinski definition) is 7. The summed E-state index contributed by atoms with van der Waals surface area (Å²) < 4.78 is 70.1. The second-order valence-electron chi connectivity index (χ2n) is 5.16. The molecular formula is C12H15NO6S3. The van der Waals surface area contributed by atoms with Crippen molar-refractivity contribution in [3.05, 3.63) is 35.9 Å². The number of anilines is 1. The number of nitrogens with one attached hydrogen (secondary N) is 1. The Morgan fingerprint density at radius 3 is 1.82 bits per heavy atom. The van der Waals surface area contributed by atoms with Crippen LogP contribution in [-0.2, 0) is 29.5 Å². The van der Waals surface area contributed by atoms with Crippen LogP contribution in [0.25, 0.3) is 4.91 Å². The molecule has 1 N–H and O–H groups in total. The van der Waals surface area contributed by atoms with Gasteiger partial charge in [-0.05, 0) is 12.1 Å². The normalized spacial score (nSPS) is 18.0. The van der Waals surface area contributed by atoms with Crippen molar-refractivity contribution in [2.24, 2.45) is 0 Å². The van der Waals surface area contributed by atoms with E-state index in [9.17, 15) is 25.3 Å². The number of benzene rings is 1. The van der Waals surface area contributed by atoms with E-state index in [0.717, 1.165) is 24.8 Å². The summed E-state index contributed by atoms with van der Waals surface area (Å²) in [6.07, 6.45) is 3.14. The molecule has 7 nitrogen and oxygen atoms in total. The fourth-order valence-corrected chi connectivity index (χ4v) is 6.83. The van der Waals surface area contributed by atoms with E-state index in [0.29, 0.717) is 0 Å². The van der Waals surface area contributed by atoms with Crippen molar-refractivity contribution in [3.63, 3.8) is 0 Å². The molecule has 0 bridgehead atoms. The third kappa shape index (κ3) is 2.55. The molecule has 0 fully saturated rings. The minimum Gasteiger partial charge on any atom is -0.350 e. The molecule has 0 aliphatic carbocycles. The molecule has 1 aromatic carbocycles. The van der Waals surface area contributed by atoms with Crippen LogP contribution in [0.2, 0.25) is 0 Å². The van der Waals surface area contributed by atoms with Gasteiger partial charge in [0.2, 0.25) is 0 Å². The molecule has 0 saturated heterocycles. The van der Waals surface area contributed by atoms with Gasteiger partial charge >= 0.3 is 0 Å². The molecule has 0 aromatic heterocycles. The van der Waals surface area contributed by atoms with Crippen LogP contribution >= 0.6 is 0 Å². The van der Waals surface area contributed by atoms with E-state index in [4.69, 9.17) is 0 Å². The second kappa shape index (κ2) is 4.80. The fourth-order valence-electron chi connectivity index (χ4n) is 2.26. The van der Waals surface area contributed by atoms with E-state index >= 15 is 0 Å². The van der Waals surface area contributed by atoms with Crippen LogP contribution in [0.5, 0.6) is 0 Å². The van der Waals surface area contributed by atoms with Crippen LogP contribution in [0, 0.1) is 0 Å². The van der Waals surface area contributed by atoms with E-state index in [1.54, 1.807) is 12.1 Å². The SMILES string of the molecule is CS(=O)(=O)C1=CC(S(C)(=O)=O)(S(C)(=O)=O)Nc2ccccc21. The smallest absolute Gasteiger partial charge is 0.261 e. The Labute approximate surface area is 129 Å². The maximum atomic E-state index is 12.2. The summed E-state index contributed by atoms with van der Waals surface area (Å²) in [6.45, 7) is 0. The number of fused-ring (bicyclic) bond motifs is 1. The van der Waals surface area contributed by atoms with Crippen molar-refractivity contribution in [1.82, 2.24) is 0 Å². The van der Waals surface area contributed by atoms with Crippen molar-refractivity contribution in [3.8, 4) is 0 Å². The molecule has 1 aromatic rings. The van der Waals surface area contributed by atoms with Gasteiger partial charge in [0, 0.05) is 30.0 Å². The topological polar surface area (TPSA) is 114 Å². The van der Waals surface area contributed by atoms with Gasteiger partial charge in [-0.2, -0.15) is 0 Å². The Hall–Kier alpha value is -1.39. The van der Waals surface area contributed by atoms with E-state index in [1.807, 2.05) is 0 Å². The standard InChI is InChI=1S/C12H15NO6S3/c1-20(14,15)11-8-12(21(2,16)17,22(3,18)19)13-10-7-5-4-6-9(10)11/h4-8,13H,1-3H3. The summed E-state index contributed by atoms with van der Waals surface area (Å²) in [6, 6.07) is 6.03. The van der Waals surface area contributed by atoms with Gasteiger partial charge < -0.3 is 5.32 Å². The van der Waals surface area contributed by atoms with Crippen molar-refractivity contribution in [1.29, 1.82) is 0 Å². The summed E-state index contributed by atoms with van der Waals surface area (Å²) in [5, 5.41) is 2.48. The molecular weight excluding hydrogens is 350 g/mol. The highest BCUT2D eigenvalue weighted by molar-refractivity contribution is 8.10. The number of para-hydroxylation sites is 1. The van der Waals surface area contributed by atoms with Crippen LogP contribution < -0.4 is 5.32 Å². The van der Waals surface area contributed by atoms with E-state index in [-0.39, 0.29) is 16.2 Å². The Kier molecular flexibility index (Phi) is 3.70. The van der Waals surface area contributed by atoms with Gasteiger partial charge in [0.05, 0.1) is 4.91 Å². The molecule has 0 unspecified atom stereocenters. The molecule has 122 valence electrons. The van der Waals surface area contributed by atoms with Crippen molar-refractivity contribution < 1.29 is 25.3 Å². The minimum atomic E-state index is -4.22. The third-order valence-corrected chi connectivity index (χ3v) is 8.92. The van der Waals surface area contributed by atoms with Crippen molar-refractivity contribution in [2.45, 2.75) is 4.20 Å². The lowest BCUT2D eigenvalue weighted by atomic mass is 10.1. The van der Waals surface area contributed by atoms with Crippen LogP contribution in [0.3, 0.4) is 0 Å². The average Bonchev–Trinajstić information content (AvgIpc) is 2.33. The van der Waals surface area contributed by atoms with Gasteiger partial charge in [-0.3, -0.25) is 0 Å². The Balaban J connectivity index is 3.00. The van der Waals surface area contributed by atoms with Gasteiger partial charge in [-0.25, -0.2) is 25.3 Å². The predicted octanol–water partition coefficient (Wildman–Crippen LogP) is 0.241. The molecule has 1 heterocycles. The highest BCUT2D eigenvalue weighted by atomic mass is 32.3. The average molecular weight is 365 g/mol. The lowest BCUT2D eigenvalue weighted by molar-refractivity contribution is 0.573. The molecule has 22 heavy (non-hydrogen) atoms. The van der Waals surface area contributed by atoms with Crippen LogP contribution in [0.4, 0.5) is 5.69 Å². The van der Waals surface area contributed by atoms with Gasteiger partial charge in [0.1, 0.15) is 0 Å². The molecule has 10 heteroatoms. The molecule has 0 amide bonds. The predicted molar refractivity (Wildman–Crippen MR) is 85.3 cm³/mol. The van der Waals surface area contributed by atoms with Crippen LogP contribution in [0.1, 0.15) is 5.56 Å². The maximum absolute atomic E-state index is 12.2. The van der Waals surface area contributed by atoms with Crippen molar-refractivity contribution >= 4 is 40.1 Å².